The molecule has 24 heavy (non-hydrogen) atoms. The molecule has 6 nitrogen and oxygen atoms in total. The van der Waals surface area contributed by atoms with E-state index in [9.17, 15) is 9.59 Å². The summed E-state index contributed by atoms with van der Waals surface area (Å²) in [5.74, 6) is 0.0117. The second-order valence-electron chi connectivity index (χ2n) is 6.01. The molecule has 0 unspecified atom stereocenters. The molecule has 2 N–H and O–H groups in total. The van der Waals surface area contributed by atoms with Crippen molar-refractivity contribution in [3.05, 3.63) is 28.8 Å². The number of rotatable bonds is 6. The van der Waals surface area contributed by atoms with Crippen LogP contribution < -0.4 is 10.6 Å². The third-order valence-electron chi connectivity index (χ3n) is 4.05. The second-order valence-corrected chi connectivity index (χ2v) is 6.45. The zero-order chi connectivity index (χ0) is 17.5. The van der Waals surface area contributed by atoms with Crippen LogP contribution in [0.4, 0.5) is 5.69 Å². The molecule has 1 fully saturated rings. The molecule has 0 atom stereocenters. The number of benzene rings is 1. The van der Waals surface area contributed by atoms with Crippen LogP contribution in [0.15, 0.2) is 18.2 Å². The normalized spacial score (nSPS) is 16.0. The number of aryl methyl sites for hydroxylation is 1. The second kappa shape index (κ2) is 9.01. The maximum absolute atomic E-state index is 12.2. The summed E-state index contributed by atoms with van der Waals surface area (Å²) < 4.78 is 0. The van der Waals surface area contributed by atoms with Crippen molar-refractivity contribution >= 4 is 29.1 Å². The van der Waals surface area contributed by atoms with Gasteiger partial charge in [-0.2, -0.15) is 0 Å². The van der Waals surface area contributed by atoms with Crippen LogP contribution in [0, 0.1) is 6.92 Å². The molecule has 0 radical (unpaired) electrons. The van der Waals surface area contributed by atoms with Crippen molar-refractivity contribution in [2.45, 2.75) is 13.8 Å². The Balaban J connectivity index is 1.76. The number of halogens is 1. The van der Waals surface area contributed by atoms with Crippen LogP contribution in [0.25, 0.3) is 0 Å². The minimum atomic E-state index is -0.0439. The first-order chi connectivity index (χ1) is 11.5. The van der Waals surface area contributed by atoms with Crippen LogP contribution in [-0.2, 0) is 9.59 Å². The minimum Gasteiger partial charge on any atom is -0.355 e. The fourth-order valence-electron chi connectivity index (χ4n) is 2.68. The third-order valence-corrected chi connectivity index (χ3v) is 4.28. The molecule has 1 saturated heterocycles. The number of likely N-dealkylation sites (N-methyl/N-ethyl adjacent to an activating group) is 1. The van der Waals surface area contributed by atoms with Gasteiger partial charge in [-0.15, -0.1) is 0 Å². The number of carbonyl (C=O) groups is 2. The number of nitrogens with one attached hydrogen (secondary N) is 2. The molecule has 1 aliphatic rings. The van der Waals surface area contributed by atoms with Crippen molar-refractivity contribution in [3.8, 4) is 0 Å². The molecule has 0 saturated carbocycles. The van der Waals surface area contributed by atoms with Gasteiger partial charge in [0.25, 0.3) is 0 Å². The Morgan fingerprint density at radius 1 is 1.08 bits per heavy atom. The predicted molar refractivity (Wildman–Crippen MR) is 96.4 cm³/mol. The number of hydrogen-bond acceptors (Lipinski definition) is 4. The Morgan fingerprint density at radius 2 is 1.67 bits per heavy atom. The van der Waals surface area contributed by atoms with E-state index in [1.165, 1.54) is 0 Å². The number of carbonyl (C=O) groups excluding carboxylic acids is 2. The molecule has 132 valence electrons. The zero-order valence-corrected chi connectivity index (χ0v) is 15.0. The highest BCUT2D eigenvalue weighted by atomic mass is 35.5. The van der Waals surface area contributed by atoms with Crippen molar-refractivity contribution in [1.82, 2.24) is 15.1 Å². The topological polar surface area (TPSA) is 64.7 Å². The van der Waals surface area contributed by atoms with Crippen LogP contribution in [0.5, 0.6) is 0 Å². The monoisotopic (exact) mass is 352 g/mol. The summed E-state index contributed by atoms with van der Waals surface area (Å²) in [7, 11) is 0. The fraction of sp³-hybridized carbons (Fsp3) is 0.529. The average Bonchev–Trinajstić information content (AvgIpc) is 2.53. The molecule has 0 spiro atoms. The van der Waals surface area contributed by atoms with Crippen LogP contribution in [0.2, 0.25) is 5.02 Å². The Kier molecular flexibility index (Phi) is 7.02. The standard InChI is InChI=1S/C17H25ClN4O2/c1-3-19-16(23)11-21-6-8-22(9-7-21)12-17(24)20-15-10-14(18)5-4-13(15)2/h4-5,10H,3,6-9,11-12H2,1-2H3,(H,19,23)(H,20,24). The maximum Gasteiger partial charge on any atom is 0.238 e. The largest absolute Gasteiger partial charge is 0.355 e. The highest BCUT2D eigenvalue weighted by Gasteiger charge is 2.20. The first kappa shape index (κ1) is 18.7. The Hall–Kier alpha value is -1.63. The highest BCUT2D eigenvalue weighted by Crippen LogP contribution is 2.20. The van der Waals surface area contributed by atoms with Crippen molar-refractivity contribution in [2.75, 3.05) is 51.1 Å². The van der Waals surface area contributed by atoms with E-state index in [1.54, 1.807) is 12.1 Å². The highest BCUT2D eigenvalue weighted by molar-refractivity contribution is 6.31. The fourth-order valence-corrected chi connectivity index (χ4v) is 2.86. The van der Waals surface area contributed by atoms with Gasteiger partial charge in [0, 0.05) is 43.4 Å². The molecule has 1 heterocycles. The number of hydrogen-bond donors (Lipinski definition) is 2. The van der Waals surface area contributed by atoms with Gasteiger partial charge in [0.2, 0.25) is 11.8 Å². The van der Waals surface area contributed by atoms with E-state index < -0.39 is 0 Å². The summed E-state index contributed by atoms with van der Waals surface area (Å²) in [5.41, 5.74) is 1.74. The lowest BCUT2D eigenvalue weighted by molar-refractivity contribution is -0.123. The SMILES string of the molecule is CCNC(=O)CN1CCN(CC(=O)Nc2cc(Cl)ccc2C)CC1. The van der Waals surface area contributed by atoms with E-state index in [2.05, 4.69) is 20.4 Å². The van der Waals surface area contributed by atoms with Crippen LogP contribution in [0.3, 0.4) is 0 Å². The van der Waals surface area contributed by atoms with E-state index in [4.69, 9.17) is 11.6 Å². The summed E-state index contributed by atoms with van der Waals surface area (Å²) in [5, 5.41) is 6.33. The van der Waals surface area contributed by atoms with Gasteiger partial charge in [-0.05, 0) is 31.5 Å². The average molecular weight is 353 g/mol. The summed E-state index contributed by atoms with van der Waals surface area (Å²) in [6.07, 6.45) is 0. The Morgan fingerprint density at radius 3 is 2.25 bits per heavy atom. The summed E-state index contributed by atoms with van der Waals surface area (Å²) in [6, 6.07) is 5.46. The third kappa shape index (κ3) is 5.78. The van der Waals surface area contributed by atoms with Crippen LogP contribution in [-0.4, -0.2) is 67.4 Å². The molecule has 1 aliphatic heterocycles. The van der Waals surface area contributed by atoms with Gasteiger partial charge < -0.3 is 10.6 Å². The van der Waals surface area contributed by atoms with Gasteiger partial charge in [0.15, 0.2) is 0 Å². The van der Waals surface area contributed by atoms with E-state index in [0.29, 0.717) is 24.7 Å². The molecule has 2 rings (SSSR count). The van der Waals surface area contributed by atoms with Gasteiger partial charge >= 0.3 is 0 Å². The Bertz CT molecular complexity index is 586. The van der Waals surface area contributed by atoms with Crippen molar-refractivity contribution in [2.24, 2.45) is 0 Å². The smallest absolute Gasteiger partial charge is 0.238 e. The molecular weight excluding hydrogens is 328 g/mol. The lowest BCUT2D eigenvalue weighted by Crippen LogP contribution is -2.51. The van der Waals surface area contributed by atoms with Crippen molar-refractivity contribution < 1.29 is 9.59 Å². The number of amides is 2. The summed E-state index contributed by atoms with van der Waals surface area (Å²) in [4.78, 5) is 28.0. The van der Waals surface area contributed by atoms with Crippen LogP contribution in [0.1, 0.15) is 12.5 Å². The van der Waals surface area contributed by atoms with Gasteiger partial charge in [0.05, 0.1) is 13.1 Å². The van der Waals surface area contributed by atoms with E-state index in [-0.39, 0.29) is 11.8 Å². The first-order valence-corrected chi connectivity index (χ1v) is 8.63. The predicted octanol–water partition coefficient (Wildman–Crippen LogP) is 1.34. The molecule has 0 bridgehead atoms. The number of piperazine rings is 1. The molecule has 7 heteroatoms. The molecular formula is C17H25ClN4O2. The lowest BCUT2D eigenvalue weighted by Gasteiger charge is -2.33. The molecule has 0 aliphatic carbocycles. The van der Waals surface area contributed by atoms with E-state index in [0.717, 1.165) is 37.4 Å². The minimum absolute atomic E-state index is 0.0439. The van der Waals surface area contributed by atoms with Crippen molar-refractivity contribution in [1.29, 1.82) is 0 Å². The molecule has 0 aromatic heterocycles. The van der Waals surface area contributed by atoms with Gasteiger partial charge in [-0.3, -0.25) is 19.4 Å². The lowest BCUT2D eigenvalue weighted by atomic mass is 10.2. The Labute approximate surface area is 148 Å². The van der Waals surface area contributed by atoms with Gasteiger partial charge in [-0.1, -0.05) is 17.7 Å². The summed E-state index contributed by atoms with van der Waals surface area (Å²) >= 11 is 5.97. The molecule has 1 aromatic rings. The number of nitrogens with zero attached hydrogens (tertiary/aromatic N) is 2. The van der Waals surface area contributed by atoms with Crippen molar-refractivity contribution in [3.63, 3.8) is 0 Å². The first-order valence-electron chi connectivity index (χ1n) is 8.25. The molecule has 2 amide bonds. The van der Waals surface area contributed by atoms with E-state index in [1.807, 2.05) is 19.9 Å². The quantitative estimate of drug-likeness (QED) is 0.811. The van der Waals surface area contributed by atoms with E-state index >= 15 is 0 Å². The van der Waals surface area contributed by atoms with Crippen LogP contribution >= 0.6 is 11.6 Å². The van der Waals surface area contributed by atoms with Gasteiger partial charge in [0.1, 0.15) is 0 Å². The summed E-state index contributed by atoms with van der Waals surface area (Å²) in [6.45, 7) is 8.42. The number of anilines is 1. The zero-order valence-electron chi connectivity index (χ0n) is 14.3. The van der Waals surface area contributed by atoms with Gasteiger partial charge in [-0.25, -0.2) is 0 Å². The maximum atomic E-state index is 12.2. The molecule has 1 aromatic carbocycles.